The molecule has 2 aromatic heterocycles. The summed E-state index contributed by atoms with van der Waals surface area (Å²) in [5, 5.41) is 14.7. The van der Waals surface area contributed by atoms with Crippen molar-refractivity contribution in [3.8, 4) is 0 Å². The lowest BCUT2D eigenvalue weighted by atomic mass is 9.90. The zero-order valence-corrected chi connectivity index (χ0v) is 22.8. The van der Waals surface area contributed by atoms with Gasteiger partial charge in [-0.05, 0) is 82.7 Å². The van der Waals surface area contributed by atoms with E-state index in [9.17, 15) is 23.2 Å². The van der Waals surface area contributed by atoms with E-state index in [4.69, 9.17) is 0 Å². The number of halogens is 2. The van der Waals surface area contributed by atoms with E-state index in [0.29, 0.717) is 58.9 Å². The van der Waals surface area contributed by atoms with E-state index >= 15 is 0 Å². The second kappa shape index (κ2) is 11.7. The summed E-state index contributed by atoms with van der Waals surface area (Å²) in [5.74, 6) is -3.29. The first-order valence-corrected chi connectivity index (χ1v) is 13.6. The zero-order valence-electron chi connectivity index (χ0n) is 22.8. The van der Waals surface area contributed by atoms with Gasteiger partial charge >= 0.3 is 0 Å². The number of amides is 2. The van der Waals surface area contributed by atoms with Crippen LogP contribution in [0.5, 0.6) is 0 Å². The predicted octanol–water partition coefficient (Wildman–Crippen LogP) is 4.68. The Kier molecular flexibility index (Phi) is 8.04. The van der Waals surface area contributed by atoms with Crippen molar-refractivity contribution in [2.75, 3.05) is 14.1 Å². The van der Waals surface area contributed by atoms with Crippen LogP contribution in [0.25, 0.3) is 22.1 Å². The van der Waals surface area contributed by atoms with Gasteiger partial charge in [0.25, 0.3) is 17.7 Å². The van der Waals surface area contributed by atoms with Crippen molar-refractivity contribution >= 4 is 39.7 Å². The van der Waals surface area contributed by atoms with Crippen LogP contribution in [0, 0.1) is 0 Å². The van der Waals surface area contributed by atoms with Crippen LogP contribution in [0.3, 0.4) is 0 Å². The third kappa shape index (κ3) is 5.93. The normalized spacial score (nSPS) is 20.3. The minimum atomic E-state index is -2.83. The molecule has 4 aromatic rings. The molecule has 2 aliphatic rings. The molecule has 0 aliphatic heterocycles. The molecule has 13 heteroatoms. The van der Waals surface area contributed by atoms with Crippen molar-refractivity contribution in [1.29, 1.82) is 0 Å². The minimum absolute atomic E-state index is 0.149. The predicted molar refractivity (Wildman–Crippen MR) is 142 cm³/mol. The van der Waals surface area contributed by atoms with Gasteiger partial charge in [-0.1, -0.05) is 12.8 Å². The lowest BCUT2D eigenvalue weighted by Crippen LogP contribution is -2.50. The summed E-state index contributed by atoms with van der Waals surface area (Å²) < 4.78 is 37.1. The molecule has 2 unspecified atom stereocenters. The highest BCUT2D eigenvalue weighted by Gasteiger charge is 2.45. The van der Waals surface area contributed by atoms with Gasteiger partial charge in [-0.25, -0.2) is 18.0 Å². The van der Waals surface area contributed by atoms with Gasteiger partial charge in [-0.2, -0.15) is 0 Å². The lowest BCUT2D eigenvalue weighted by molar-refractivity contribution is -0.124. The molecule has 216 valence electrons. The number of benzene rings is 2. The second-order valence-electron chi connectivity index (χ2n) is 10.5. The van der Waals surface area contributed by atoms with Crippen LogP contribution < -0.4 is 0 Å². The van der Waals surface area contributed by atoms with Crippen LogP contribution >= 0.6 is 0 Å². The SMILES string of the molecule is CN(C(=O)c1ccc2nonc2c1)C1CCCCC1(F)F.CN(C(=O)c1ccc2nonc2c1)C1CCCCC1=O. The summed E-state index contributed by atoms with van der Waals surface area (Å²) in [4.78, 5) is 39.5. The van der Waals surface area contributed by atoms with Gasteiger partial charge in [0, 0.05) is 38.1 Å². The van der Waals surface area contributed by atoms with Crippen molar-refractivity contribution < 1.29 is 32.4 Å². The average molecular weight is 569 g/mol. The maximum absolute atomic E-state index is 14.0. The number of likely N-dealkylation sites (N-methyl/N-ethyl adjacent to an activating group) is 1. The molecule has 2 atom stereocenters. The third-order valence-electron chi connectivity index (χ3n) is 7.82. The molecular weight excluding hydrogens is 538 g/mol. The average Bonchev–Trinajstić information content (AvgIpc) is 3.65. The summed E-state index contributed by atoms with van der Waals surface area (Å²) in [6.45, 7) is 0. The van der Waals surface area contributed by atoms with E-state index in [0.717, 1.165) is 24.2 Å². The molecule has 41 heavy (non-hydrogen) atoms. The van der Waals surface area contributed by atoms with Gasteiger partial charge in [0.05, 0.1) is 12.1 Å². The number of alkyl halides is 2. The van der Waals surface area contributed by atoms with Gasteiger partial charge in [0.1, 0.15) is 22.1 Å². The Morgan fingerprint density at radius 3 is 1.88 bits per heavy atom. The Morgan fingerprint density at radius 1 is 0.780 bits per heavy atom. The number of aromatic nitrogens is 4. The fourth-order valence-electron chi connectivity index (χ4n) is 5.45. The van der Waals surface area contributed by atoms with Crippen LogP contribution in [0.4, 0.5) is 8.78 Å². The molecule has 2 fully saturated rings. The maximum atomic E-state index is 14.0. The van der Waals surface area contributed by atoms with E-state index in [-0.39, 0.29) is 24.2 Å². The van der Waals surface area contributed by atoms with Crippen LogP contribution in [-0.2, 0) is 4.79 Å². The highest BCUT2D eigenvalue weighted by Crippen LogP contribution is 2.36. The number of Topliss-reactive ketones (excluding diaryl/α,β-unsaturated/α-hetero) is 1. The fourth-order valence-corrected chi connectivity index (χ4v) is 5.45. The molecule has 11 nitrogen and oxygen atoms in total. The summed E-state index contributed by atoms with van der Waals surface area (Å²) >= 11 is 0. The van der Waals surface area contributed by atoms with Gasteiger partial charge in [0.15, 0.2) is 5.78 Å². The molecule has 2 aliphatic carbocycles. The van der Waals surface area contributed by atoms with Crippen molar-refractivity contribution in [3.05, 3.63) is 47.5 Å². The number of fused-ring (bicyclic) bond motifs is 2. The van der Waals surface area contributed by atoms with Crippen LogP contribution in [0.15, 0.2) is 45.7 Å². The molecule has 2 aromatic carbocycles. The number of carbonyl (C=O) groups excluding carboxylic acids is 3. The first-order chi connectivity index (χ1) is 19.7. The molecule has 0 N–H and O–H groups in total. The highest BCUT2D eigenvalue weighted by atomic mass is 19.3. The standard InChI is InChI=1S/C14H15F2N3O2.C14H15N3O3/c1-19(12-4-2-3-7-14(12,15)16)13(20)9-5-6-10-11(8-9)18-21-17-10;1-17(12-4-2-3-5-13(12)18)14(19)9-6-7-10-11(8-9)16-20-15-10/h5-6,8,12H,2-4,7H2,1H3;6-8,12H,2-5H2,1H3. The van der Waals surface area contributed by atoms with Gasteiger partial charge in [0.2, 0.25) is 0 Å². The van der Waals surface area contributed by atoms with Gasteiger partial charge < -0.3 is 9.80 Å². The molecule has 2 heterocycles. The molecule has 6 rings (SSSR count). The van der Waals surface area contributed by atoms with E-state index in [1.807, 2.05) is 0 Å². The lowest BCUT2D eigenvalue weighted by Gasteiger charge is -2.37. The number of ketones is 1. The van der Waals surface area contributed by atoms with E-state index in [2.05, 4.69) is 29.9 Å². The first kappa shape index (κ1) is 28.2. The second-order valence-corrected chi connectivity index (χ2v) is 10.5. The van der Waals surface area contributed by atoms with E-state index in [1.54, 1.807) is 37.4 Å². The molecule has 0 saturated heterocycles. The van der Waals surface area contributed by atoms with Crippen molar-refractivity contribution in [2.45, 2.75) is 69.4 Å². The highest BCUT2D eigenvalue weighted by molar-refractivity contribution is 6.00. The number of rotatable bonds is 4. The molecule has 0 bridgehead atoms. The Balaban J connectivity index is 0.000000165. The van der Waals surface area contributed by atoms with Crippen molar-refractivity contribution in [1.82, 2.24) is 30.4 Å². The van der Waals surface area contributed by atoms with Gasteiger partial charge in [-0.3, -0.25) is 14.4 Å². The molecule has 0 radical (unpaired) electrons. The molecule has 2 saturated carbocycles. The molecular formula is C28H30F2N6O5. The number of carbonyl (C=O) groups is 3. The Bertz CT molecular complexity index is 1570. The van der Waals surface area contributed by atoms with E-state index in [1.165, 1.54) is 18.0 Å². The molecule has 0 spiro atoms. The number of hydrogen-bond acceptors (Lipinski definition) is 9. The van der Waals surface area contributed by atoms with Crippen molar-refractivity contribution in [3.63, 3.8) is 0 Å². The van der Waals surface area contributed by atoms with Gasteiger partial charge in [-0.15, -0.1) is 0 Å². The van der Waals surface area contributed by atoms with E-state index < -0.39 is 17.9 Å². The summed E-state index contributed by atoms with van der Waals surface area (Å²) in [6, 6.07) is 8.29. The number of nitrogens with zero attached hydrogens (tertiary/aromatic N) is 6. The molecule has 2 amide bonds. The van der Waals surface area contributed by atoms with Crippen LogP contribution in [0.1, 0.15) is 72.1 Å². The quantitative estimate of drug-likeness (QED) is 0.344. The Labute approximate surface area is 233 Å². The van der Waals surface area contributed by atoms with Crippen LogP contribution in [-0.4, -0.2) is 80.1 Å². The monoisotopic (exact) mass is 568 g/mol. The fraction of sp³-hybridized carbons (Fsp3) is 0.464. The summed E-state index contributed by atoms with van der Waals surface area (Å²) in [5.41, 5.74) is 2.91. The first-order valence-electron chi connectivity index (χ1n) is 13.6. The van der Waals surface area contributed by atoms with Crippen molar-refractivity contribution in [2.24, 2.45) is 0 Å². The Hall–Kier alpha value is -4.29. The summed E-state index contributed by atoms with van der Waals surface area (Å²) in [7, 11) is 3.11. The summed E-state index contributed by atoms with van der Waals surface area (Å²) in [6.07, 6.45) is 4.59. The Morgan fingerprint density at radius 2 is 1.32 bits per heavy atom. The minimum Gasteiger partial charge on any atom is -0.333 e. The largest absolute Gasteiger partial charge is 0.333 e. The smallest absolute Gasteiger partial charge is 0.268 e. The maximum Gasteiger partial charge on any atom is 0.268 e. The third-order valence-corrected chi connectivity index (χ3v) is 7.82. The topological polar surface area (TPSA) is 136 Å². The van der Waals surface area contributed by atoms with Crippen LogP contribution in [0.2, 0.25) is 0 Å². The zero-order chi connectivity index (χ0) is 29.1. The number of hydrogen-bond donors (Lipinski definition) is 0.